The Morgan fingerprint density at radius 3 is 2.76 bits per heavy atom. The van der Waals surface area contributed by atoms with E-state index >= 15 is 0 Å². The minimum absolute atomic E-state index is 0.0526. The van der Waals surface area contributed by atoms with Gasteiger partial charge in [-0.05, 0) is 42.3 Å². The molecule has 1 heterocycles. The Balaban J connectivity index is 1.94. The van der Waals surface area contributed by atoms with Crippen molar-refractivity contribution in [3.63, 3.8) is 0 Å². The van der Waals surface area contributed by atoms with Crippen molar-refractivity contribution in [3.05, 3.63) is 58.1 Å². The van der Waals surface area contributed by atoms with Gasteiger partial charge in [-0.2, -0.15) is 0 Å². The summed E-state index contributed by atoms with van der Waals surface area (Å²) in [7, 11) is 1.58. The summed E-state index contributed by atoms with van der Waals surface area (Å²) in [6, 6.07) is 11.0. The number of ketones is 1. The van der Waals surface area contributed by atoms with E-state index in [-0.39, 0.29) is 11.9 Å². The van der Waals surface area contributed by atoms with Crippen molar-refractivity contribution >= 4 is 17.4 Å². The Labute approximate surface area is 128 Å². The molecule has 0 saturated heterocycles. The molecular weight excluding hydrogens is 288 g/mol. The number of rotatable bonds is 2. The number of methoxy groups -OCH3 is 1. The first-order chi connectivity index (χ1) is 10.1. The third-order valence-electron chi connectivity index (χ3n) is 3.69. The number of Topliss-reactive ketones (excluding diaryl/α,β-unsaturated/α-hetero) is 1. The van der Waals surface area contributed by atoms with Gasteiger partial charge >= 0.3 is 0 Å². The van der Waals surface area contributed by atoms with Crippen LogP contribution in [0.3, 0.4) is 0 Å². The molecular formula is C17H15ClO3. The van der Waals surface area contributed by atoms with E-state index in [0.717, 1.165) is 11.1 Å². The fourth-order valence-electron chi connectivity index (χ4n) is 2.43. The summed E-state index contributed by atoms with van der Waals surface area (Å²) in [6.45, 7) is 1.95. The highest BCUT2D eigenvalue weighted by Gasteiger charge is 2.28. The van der Waals surface area contributed by atoms with Gasteiger partial charge in [-0.1, -0.05) is 23.7 Å². The Hall–Kier alpha value is -2.00. The van der Waals surface area contributed by atoms with E-state index in [4.69, 9.17) is 21.1 Å². The monoisotopic (exact) mass is 302 g/mol. The highest BCUT2D eigenvalue weighted by molar-refractivity contribution is 6.31. The summed E-state index contributed by atoms with van der Waals surface area (Å²) in [5, 5.41) is 0.684. The van der Waals surface area contributed by atoms with Gasteiger partial charge in [0, 0.05) is 5.02 Å². The van der Waals surface area contributed by atoms with Gasteiger partial charge in [0.05, 0.1) is 19.1 Å². The fraction of sp³-hybridized carbons (Fsp3) is 0.235. The molecule has 108 valence electrons. The second-order valence-corrected chi connectivity index (χ2v) is 5.51. The lowest BCUT2D eigenvalue weighted by Crippen LogP contribution is -2.20. The third kappa shape index (κ3) is 2.61. The molecule has 21 heavy (non-hydrogen) atoms. The second kappa shape index (κ2) is 5.41. The summed E-state index contributed by atoms with van der Waals surface area (Å²) < 4.78 is 11.1. The maximum absolute atomic E-state index is 12.3. The predicted molar refractivity (Wildman–Crippen MR) is 81.5 cm³/mol. The number of hydrogen-bond donors (Lipinski definition) is 0. The van der Waals surface area contributed by atoms with E-state index in [2.05, 4.69) is 0 Å². The van der Waals surface area contributed by atoms with Gasteiger partial charge < -0.3 is 9.47 Å². The lowest BCUT2D eigenvalue weighted by atomic mass is 9.95. The van der Waals surface area contributed by atoms with Crippen LogP contribution < -0.4 is 9.47 Å². The number of carbonyl (C=O) groups is 1. The molecule has 3 rings (SSSR count). The molecule has 3 nitrogen and oxygen atoms in total. The van der Waals surface area contributed by atoms with Crippen molar-refractivity contribution in [2.75, 3.05) is 7.11 Å². The van der Waals surface area contributed by atoms with Crippen LogP contribution in [-0.2, 0) is 0 Å². The third-order valence-corrected chi connectivity index (χ3v) is 4.10. The number of carbonyl (C=O) groups excluding carboxylic acids is 1. The molecule has 0 N–H and O–H groups in total. The lowest BCUT2D eigenvalue weighted by Gasteiger charge is -2.26. The van der Waals surface area contributed by atoms with Gasteiger partial charge in [0.15, 0.2) is 5.78 Å². The fourth-order valence-corrected chi connectivity index (χ4v) is 2.61. The molecule has 1 unspecified atom stereocenters. The van der Waals surface area contributed by atoms with Crippen LogP contribution in [-0.4, -0.2) is 12.9 Å². The maximum atomic E-state index is 12.3. The summed E-state index contributed by atoms with van der Waals surface area (Å²) in [4.78, 5) is 12.3. The van der Waals surface area contributed by atoms with Gasteiger partial charge in [-0.3, -0.25) is 4.79 Å². The van der Waals surface area contributed by atoms with Crippen LogP contribution in [0, 0.1) is 6.92 Å². The van der Waals surface area contributed by atoms with Crippen LogP contribution >= 0.6 is 11.6 Å². The second-order valence-electron chi connectivity index (χ2n) is 5.10. The molecule has 0 aromatic heterocycles. The largest absolute Gasteiger partial charge is 0.497 e. The number of hydrogen-bond acceptors (Lipinski definition) is 3. The minimum Gasteiger partial charge on any atom is -0.497 e. The number of fused-ring (bicyclic) bond motifs is 1. The molecule has 0 saturated carbocycles. The highest BCUT2D eigenvalue weighted by Crippen LogP contribution is 2.37. The van der Waals surface area contributed by atoms with Gasteiger partial charge in [-0.25, -0.2) is 0 Å². The first-order valence-electron chi connectivity index (χ1n) is 6.72. The molecule has 0 bridgehead atoms. The molecule has 1 atom stereocenters. The quantitative estimate of drug-likeness (QED) is 0.826. The van der Waals surface area contributed by atoms with Crippen LogP contribution in [0.2, 0.25) is 5.02 Å². The van der Waals surface area contributed by atoms with Crippen molar-refractivity contribution in [2.45, 2.75) is 19.4 Å². The Kier molecular flexibility index (Phi) is 3.60. The van der Waals surface area contributed by atoms with Crippen LogP contribution in [0.25, 0.3) is 0 Å². The zero-order valence-electron chi connectivity index (χ0n) is 11.9. The van der Waals surface area contributed by atoms with Crippen molar-refractivity contribution in [1.29, 1.82) is 0 Å². The molecule has 1 aliphatic rings. The molecule has 0 aliphatic carbocycles. The van der Waals surface area contributed by atoms with E-state index in [1.54, 1.807) is 25.3 Å². The zero-order chi connectivity index (χ0) is 15.0. The SMILES string of the molecule is COc1ccc2c(c1)C(=O)CC(c1ccc(C)c(Cl)c1)O2. The zero-order valence-corrected chi connectivity index (χ0v) is 12.6. The average molecular weight is 303 g/mol. The summed E-state index contributed by atoms with van der Waals surface area (Å²) in [5.74, 6) is 1.30. The maximum Gasteiger partial charge on any atom is 0.170 e. The van der Waals surface area contributed by atoms with E-state index in [9.17, 15) is 4.79 Å². The van der Waals surface area contributed by atoms with Crippen molar-refractivity contribution < 1.29 is 14.3 Å². The van der Waals surface area contributed by atoms with E-state index in [0.29, 0.717) is 28.5 Å². The summed E-state index contributed by atoms with van der Waals surface area (Å²) >= 11 is 6.15. The van der Waals surface area contributed by atoms with Gasteiger partial charge in [0.2, 0.25) is 0 Å². The molecule has 2 aromatic carbocycles. The normalized spacial score (nSPS) is 17.1. The summed E-state index contributed by atoms with van der Waals surface area (Å²) in [6.07, 6.45) is 0.0102. The molecule has 0 spiro atoms. The first kappa shape index (κ1) is 14.0. The van der Waals surface area contributed by atoms with Crippen LogP contribution in [0.15, 0.2) is 36.4 Å². The number of aryl methyl sites for hydroxylation is 1. The molecule has 1 aliphatic heterocycles. The van der Waals surface area contributed by atoms with Gasteiger partial charge in [0.1, 0.15) is 17.6 Å². The molecule has 0 fully saturated rings. The number of benzene rings is 2. The number of ether oxygens (including phenoxy) is 2. The van der Waals surface area contributed by atoms with Crippen LogP contribution in [0.1, 0.15) is 34.0 Å². The van der Waals surface area contributed by atoms with E-state index < -0.39 is 0 Å². The van der Waals surface area contributed by atoms with Crippen LogP contribution in [0.4, 0.5) is 0 Å². The topological polar surface area (TPSA) is 35.5 Å². The van der Waals surface area contributed by atoms with Crippen molar-refractivity contribution in [3.8, 4) is 11.5 Å². The molecule has 2 aromatic rings. The average Bonchev–Trinajstić information content (AvgIpc) is 2.49. The Morgan fingerprint density at radius 2 is 2.05 bits per heavy atom. The predicted octanol–water partition coefficient (Wildman–Crippen LogP) is 4.36. The Bertz CT molecular complexity index is 709. The Morgan fingerprint density at radius 1 is 1.24 bits per heavy atom. The summed E-state index contributed by atoms with van der Waals surface area (Å²) in [5.41, 5.74) is 2.50. The van der Waals surface area contributed by atoms with Crippen LogP contribution in [0.5, 0.6) is 11.5 Å². The molecule has 0 amide bonds. The van der Waals surface area contributed by atoms with Gasteiger partial charge in [0.25, 0.3) is 0 Å². The highest BCUT2D eigenvalue weighted by atomic mass is 35.5. The van der Waals surface area contributed by atoms with Crippen molar-refractivity contribution in [1.82, 2.24) is 0 Å². The standard InChI is InChI=1S/C17H15ClO3/c1-10-3-4-11(7-14(10)18)17-9-15(19)13-8-12(20-2)5-6-16(13)21-17/h3-8,17H,9H2,1-2H3. The molecule has 0 radical (unpaired) electrons. The lowest BCUT2D eigenvalue weighted by molar-refractivity contribution is 0.0849. The first-order valence-corrected chi connectivity index (χ1v) is 7.10. The number of halogens is 1. The van der Waals surface area contributed by atoms with E-state index in [1.807, 2.05) is 25.1 Å². The van der Waals surface area contributed by atoms with Crippen molar-refractivity contribution in [2.24, 2.45) is 0 Å². The minimum atomic E-state index is -0.295. The van der Waals surface area contributed by atoms with Gasteiger partial charge in [-0.15, -0.1) is 0 Å². The van der Waals surface area contributed by atoms with E-state index in [1.165, 1.54) is 0 Å². The smallest absolute Gasteiger partial charge is 0.170 e. The molecule has 4 heteroatoms.